The molecule has 45 nitrogen and oxygen atoms in total. The molecule has 9 rings (SSSR count). The average molecular weight is 1900 g/mol. The molecule has 15 atom stereocenters. The Labute approximate surface area is 782 Å². The Morgan fingerprint density at radius 2 is 1.07 bits per heavy atom. The zero-order valence-electron chi connectivity index (χ0n) is 76.1. The molecular weight excluding hydrogens is 1770 g/mol. The summed E-state index contributed by atoms with van der Waals surface area (Å²) in [5, 5.41) is 81.1. The molecule has 6 aromatic rings. The number of aromatic nitrogens is 4. The number of hydrogen-bond donors (Lipinski definition) is 22. The number of phenols is 1. The van der Waals surface area contributed by atoms with Gasteiger partial charge in [-0.25, -0.2) is 4.98 Å². The van der Waals surface area contributed by atoms with Gasteiger partial charge in [-0.3, -0.25) is 86.9 Å². The van der Waals surface area contributed by atoms with Crippen LogP contribution in [0.1, 0.15) is 127 Å². The number of unbranched alkanes of at least 4 members (excludes halogenated alkanes) is 2. The number of primary amides is 2. The number of guanidine groups is 1. The lowest BCUT2D eigenvalue weighted by molar-refractivity contribution is -0.149. The van der Waals surface area contributed by atoms with Crippen molar-refractivity contribution in [2.45, 2.75) is 221 Å². The van der Waals surface area contributed by atoms with Crippen LogP contribution in [0.5, 0.6) is 5.75 Å². The number of H-pyrrole nitrogens is 3. The van der Waals surface area contributed by atoms with Crippen LogP contribution in [0.25, 0.3) is 21.8 Å². The fourth-order valence-electron chi connectivity index (χ4n) is 16.5. The summed E-state index contributed by atoms with van der Waals surface area (Å²) in [4.78, 5) is 268. The third-order valence-corrected chi connectivity index (χ3v) is 25.1. The van der Waals surface area contributed by atoms with Crippen LogP contribution in [0.15, 0.2) is 97.7 Å². The number of aromatic hydroxyl groups is 1. The first kappa shape index (κ1) is 105. The van der Waals surface area contributed by atoms with E-state index in [-0.39, 0.29) is 88.7 Å². The van der Waals surface area contributed by atoms with Crippen molar-refractivity contribution in [2.24, 2.45) is 17.2 Å². The Kier molecular flexibility index (Phi) is 39.2. The first-order valence-electron chi connectivity index (χ1n) is 44.8. The van der Waals surface area contributed by atoms with Crippen LogP contribution in [0.2, 0.25) is 0 Å². The van der Waals surface area contributed by atoms with Crippen molar-refractivity contribution in [3.63, 3.8) is 0 Å². The summed E-state index contributed by atoms with van der Waals surface area (Å²) in [6.07, 6.45) is 2.73. The monoisotopic (exact) mass is 1900 g/mol. The molecule has 3 aliphatic heterocycles. The fourth-order valence-corrected chi connectivity index (χ4v) is 17.3. The molecule has 1 unspecified atom stereocenters. The van der Waals surface area contributed by atoms with Crippen molar-refractivity contribution in [1.29, 1.82) is 5.41 Å². The number of carbonyl (C=O) groups excluding carboxylic acids is 17. The van der Waals surface area contributed by atoms with E-state index in [0.29, 0.717) is 64.2 Å². The molecule has 3 aromatic heterocycles. The molecule has 732 valence electrons. The summed E-state index contributed by atoms with van der Waals surface area (Å²) in [5.74, 6) is -18.3. The van der Waals surface area contributed by atoms with Crippen LogP contribution >= 0.6 is 11.8 Å². The molecule has 0 spiro atoms. The zero-order chi connectivity index (χ0) is 98.4. The number of amides is 17. The maximum atomic E-state index is 15.7. The molecular formula is C89H124N24O21S. The van der Waals surface area contributed by atoms with Crippen LogP contribution in [-0.2, 0) is 107 Å². The van der Waals surface area contributed by atoms with E-state index >= 15 is 33.6 Å². The number of imidazole rings is 1. The maximum Gasteiger partial charge on any atom is 0.246 e. The Bertz CT molecular complexity index is 5210. The van der Waals surface area contributed by atoms with Crippen molar-refractivity contribution >= 4 is 140 Å². The fraction of sp³-hybridized carbons (Fsp3) is 0.517. The van der Waals surface area contributed by atoms with Gasteiger partial charge in [0.25, 0.3) is 0 Å². The molecule has 3 fully saturated rings. The predicted molar refractivity (Wildman–Crippen MR) is 492 cm³/mol. The minimum absolute atomic E-state index is 0.0204. The summed E-state index contributed by atoms with van der Waals surface area (Å²) in [7, 11) is 3.87. The number of carbonyl (C=O) groups is 17. The van der Waals surface area contributed by atoms with Gasteiger partial charge in [0.05, 0.1) is 37.8 Å². The number of hydrogen-bond acceptors (Lipinski definition) is 24. The van der Waals surface area contributed by atoms with Gasteiger partial charge in [0.2, 0.25) is 100 Å². The summed E-state index contributed by atoms with van der Waals surface area (Å²) in [6, 6.07) is -2.98. The Balaban J connectivity index is 1.10. The number of benzene rings is 3. The number of nitrogens with one attached hydrogen (secondary N) is 15. The molecule has 6 heterocycles. The van der Waals surface area contributed by atoms with Crippen LogP contribution < -0.4 is 75.7 Å². The highest BCUT2D eigenvalue weighted by Crippen LogP contribution is 2.28. The number of aromatic amines is 3. The summed E-state index contributed by atoms with van der Waals surface area (Å²) in [5.41, 5.74) is 19.6. The maximum absolute atomic E-state index is 15.7. The van der Waals surface area contributed by atoms with Gasteiger partial charge in [0.15, 0.2) is 5.96 Å². The summed E-state index contributed by atoms with van der Waals surface area (Å²) in [6.45, 7) is 1.58. The number of fused-ring (bicyclic) bond motifs is 4. The second-order valence-corrected chi connectivity index (χ2v) is 34.9. The van der Waals surface area contributed by atoms with Crippen LogP contribution in [0.3, 0.4) is 0 Å². The van der Waals surface area contributed by atoms with Crippen molar-refractivity contribution in [2.75, 3.05) is 72.0 Å². The van der Waals surface area contributed by atoms with Crippen molar-refractivity contribution in [3.8, 4) is 5.75 Å². The number of para-hydroxylation sites is 2. The molecule has 0 bridgehead atoms. The van der Waals surface area contributed by atoms with Crippen molar-refractivity contribution in [1.82, 2.24) is 103 Å². The van der Waals surface area contributed by atoms with Gasteiger partial charge in [0.1, 0.15) is 90.3 Å². The average Bonchev–Trinajstić information content (AvgIpc) is 1.69. The molecule has 3 saturated heterocycles. The van der Waals surface area contributed by atoms with Gasteiger partial charge in [-0.05, 0) is 92.8 Å². The number of nitrogens with two attached hydrogens (primary N) is 3. The van der Waals surface area contributed by atoms with Crippen molar-refractivity contribution < 1.29 is 102 Å². The van der Waals surface area contributed by atoms with Gasteiger partial charge in [-0.1, -0.05) is 88.1 Å². The molecule has 0 aliphatic carbocycles. The molecule has 135 heavy (non-hydrogen) atoms. The smallest absolute Gasteiger partial charge is 0.246 e. The second-order valence-electron chi connectivity index (χ2n) is 33.9. The molecule has 3 aliphatic rings. The van der Waals surface area contributed by atoms with E-state index in [1.54, 1.807) is 60.9 Å². The highest BCUT2D eigenvalue weighted by atomic mass is 32.2. The molecule has 3 aromatic carbocycles. The lowest BCUT2D eigenvalue weighted by Gasteiger charge is -2.36. The van der Waals surface area contributed by atoms with E-state index in [1.165, 1.54) is 64.9 Å². The SMILES string of the molecule is CCCC[C@H]1C(=O)N(C)[C@@H](CCCC)C(=O)N[C@@H](CCCNC(=N)N)C(=O)NC(C(=O)NCC(N)=O)CSCC(=O)N[C@@H](Cc2ccc(O)cc2)C(=O)N(C)[C@@H](C)C(=O)N[C@@H](CC(N)=O)C(=O)N2CCC[C@H]2C(=O)N[C@@H](Cc2cnc[nH]2)C(=O)N[C@H](CCO)C(=O)N2C[C@H](O)C[C@H]2C(=O)N[C@@H](Cc2c[nH]c3ccccc23)C(=O)N[C@@H](CO)C(=O)N[C@@H](Cc2c[nH]c3ccccc23)C(=O)N1C. The van der Waals surface area contributed by atoms with Gasteiger partial charge in [-0.15, -0.1) is 11.8 Å². The van der Waals surface area contributed by atoms with Crippen molar-refractivity contribution in [3.05, 3.63) is 120 Å². The quantitative estimate of drug-likeness (QED) is 0.0138. The van der Waals surface area contributed by atoms with Crippen LogP contribution in [0.4, 0.5) is 0 Å². The van der Waals surface area contributed by atoms with E-state index in [9.17, 15) is 68.4 Å². The highest BCUT2D eigenvalue weighted by Gasteiger charge is 2.47. The Morgan fingerprint density at radius 1 is 0.533 bits per heavy atom. The van der Waals surface area contributed by atoms with Gasteiger partial charge >= 0.3 is 0 Å². The van der Waals surface area contributed by atoms with Crippen LogP contribution in [-0.4, -0.2) is 334 Å². The van der Waals surface area contributed by atoms with E-state index in [4.69, 9.17) is 22.6 Å². The normalized spacial score (nSPS) is 24.7. The highest BCUT2D eigenvalue weighted by molar-refractivity contribution is 8.00. The molecule has 0 saturated carbocycles. The third kappa shape index (κ3) is 29.1. The summed E-state index contributed by atoms with van der Waals surface area (Å²) >= 11 is 0.752. The minimum atomic E-state index is -1.92. The number of thioether (sulfide) groups is 1. The topological polar surface area (TPSA) is 682 Å². The first-order valence-corrected chi connectivity index (χ1v) is 46.0. The number of nitrogens with zero attached hydrogens (tertiary/aromatic N) is 6. The number of phenolic OH excluding ortho intramolecular Hbond substituents is 1. The predicted octanol–water partition coefficient (Wildman–Crippen LogP) is -4.59. The Hall–Kier alpha value is -13.8. The summed E-state index contributed by atoms with van der Waals surface area (Å²) < 4.78 is 0. The molecule has 17 amide bonds. The lowest BCUT2D eigenvalue weighted by Crippen LogP contribution is -2.62. The molecule has 0 radical (unpaired) electrons. The molecule has 46 heteroatoms. The van der Waals surface area contributed by atoms with E-state index in [0.717, 1.165) is 36.3 Å². The van der Waals surface area contributed by atoms with Gasteiger partial charge < -0.3 is 136 Å². The molecule has 25 N–H and O–H groups in total. The van der Waals surface area contributed by atoms with Gasteiger partial charge in [-0.2, -0.15) is 0 Å². The number of likely N-dealkylation sites (N-methyl/N-ethyl adjacent to an activating group) is 3. The largest absolute Gasteiger partial charge is 0.508 e. The van der Waals surface area contributed by atoms with Crippen LogP contribution in [0, 0.1) is 5.41 Å². The number of aliphatic hydroxyl groups excluding tert-OH is 3. The van der Waals surface area contributed by atoms with E-state index in [1.807, 2.05) is 13.8 Å². The van der Waals surface area contributed by atoms with E-state index < -0.39 is 254 Å². The lowest BCUT2D eigenvalue weighted by atomic mass is 10.00. The van der Waals surface area contributed by atoms with E-state index in [2.05, 4.69) is 78.4 Å². The first-order chi connectivity index (χ1) is 64.4. The standard InChI is InChI=1S/C89H124N24O21S/c1-7-9-22-68-81(127)101-59(21-15-30-95-89(92)93)77(123)108-67(76(122)98-42-73(91)119)45-135-46-74(120)100-63(33-49-25-27-53(116)28-26-49)84(130)109(4)48(3)75(121)105-65(38-72(90)118)87(133)112-31-16-24-69(112)82(128)104-62(36-52-41-94-47-99-52)79(125)102-60(29-32-114)86(132)113-43-54(117)37-71(113)83(129)103-61(34-50-39-96-57-19-13-11-17-55(50)57)78(124)107-66(44-115)80(126)106-64(35-51-40-97-58-20-14-12-18-56(51)58)85(131)111(6)70(23-10-8-2)88(134)110(68)5/h11-14,17-20,25-28,39-41,47-48,54,59-71,96-97,114-117H,7-10,15-16,21-24,29-38,42-46H2,1-6H3,(H2,90,118)(H2,91,119)(H,94,99)(H,98,122)(H,100,120)(H,101,127)(H,102,125)(H,103,129)(H,104,128)(H,105,121)(H,106,126)(H,107,124)(H,108,123)(H4,92,93,95)/t48-,54+,59-,60+,61-,62-,63-,64-,65-,66-,67?,68-,69-,70-,71-/m0/s1. The number of aliphatic hydroxyl groups is 3. The zero-order valence-corrected chi connectivity index (χ0v) is 76.9. The minimum Gasteiger partial charge on any atom is -0.508 e. The Morgan fingerprint density at radius 3 is 1.67 bits per heavy atom. The van der Waals surface area contributed by atoms with Gasteiger partial charge in [0, 0.05) is 131 Å². The number of rotatable bonds is 26. The third-order valence-electron chi connectivity index (χ3n) is 24.0. The second kappa shape index (κ2) is 50.4.